The molecule has 51 heavy (non-hydrogen) atoms. The summed E-state index contributed by atoms with van der Waals surface area (Å²) in [6.07, 6.45) is 11.5. The highest BCUT2D eigenvalue weighted by atomic mass is 16.3. The van der Waals surface area contributed by atoms with Crippen molar-refractivity contribution in [2.24, 2.45) is 0 Å². The summed E-state index contributed by atoms with van der Waals surface area (Å²) >= 11 is 0. The van der Waals surface area contributed by atoms with E-state index in [1.165, 1.54) is 37.9 Å². The van der Waals surface area contributed by atoms with E-state index in [0.29, 0.717) is 0 Å². The van der Waals surface area contributed by atoms with Gasteiger partial charge in [-0.15, -0.1) is 0 Å². The molecule has 244 valence electrons. The third kappa shape index (κ3) is 5.48. The van der Waals surface area contributed by atoms with E-state index >= 15 is 0 Å². The summed E-state index contributed by atoms with van der Waals surface area (Å²) in [5.41, 5.74) is 9.49. The number of allylic oxidation sites excluding steroid dienone is 4. The summed E-state index contributed by atoms with van der Waals surface area (Å²) in [5, 5.41) is 8.45. The summed E-state index contributed by atoms with van der Waals surface area (Å²) in [7, 11) is 0. The molecule has 0 saturated carbocycles. The van der Waals surface area contributed by atoms with Gasteiger partial charge in [-0.3, -0.25) is 0 Å². The van der Waals surface area contributed by atoms with Crippen LogP contribution in [-0.4, -0.2) is 0 Å². The molecule has 2 heteroatoms. The van der Waals surface area contributed by atoms with E-state index in [1.807, 2.05) is 55.5 Å². The summed E-state index contributed by atoms with van der Waals surface area (Å²) in [6.45, 7) is 14.1. The third-order valence-electron chi connectivity index (χ3n) is 9.68. The van der Waals surface area contributed by atoms with Crippen LogP contribution in [0.25, 0.3) is 77.7 Å². The Labute approximate surface area is 298 Å². The zero-order valence-electron chi connectivity index (χ0n) is 28.6. The van der Waals surface area contributed by atoms with Crippen LogP contribution >= 0.6 is 0 Å². The number of rotatable bonds is 9. The van der Waals surface area contributed by atoms with Gasteiger partial charge in [0.25, 0.3) is 0 Å². The number of fused-ring (bicyclic) bond motifs is 7. The van der Waals surface area contributed by atoms with Gasteiger partial charge < -0.3 is 9.32 Å². The van der Waals surface area contributed by atoms with Gasteiger partial charge in [-0.05, 0) is 111 Å². The zero-order valence-corrected chi connectivity index (χ0v) is 28.6. The van der Waals surface area contributed by atoms with Crippen LogP contribution in [0.1, 0.15) is 18.2 Å². The Morgan fingerprint density at radius 2 is 1.16 bits per heavy atom. The van der Waals surface area contributed by atoms with E-state index in [-0.39, 0.29) is 0 Å². The van der Waals surface area contributed by atoms with Gasteiger partial charge >= 0.3 is 0 Å². The lowest BCUT2D eigenvalue weighted by Gasteiger charge is -2.26. The normalized spacial score (nSPS) is 11.9. The average Bonchev–Trinajstić information content (AvgIpc) is 3.55. The highest BCUT2D eigenvalue weighted by Crippen LogP contribution is 2.41. The summed E-state index contributed by atoms with van der Waals surface area (Å²) < 4.78 is 6.44. The Hall–Kier alpha value is -6.64. The molecule has 0 bridgehead atoms. The van der Waals surface area contributed by atoms with Crippen molar-refractivity contribution >= 4 is 66.8 Å². The predicted octanol–water partition coefficient (Wildman–Crippen LogP) is 14.3. The number of nitrogens with zero attached hydrogens (tertiary/aromatic N) is 1. The first kappa shape index (κ1) is 31.6. The molecule has 0 fully saturated rings. The molecule has 1 aromatic heterocycles. The first-order valence-corrected chi connectivity index (χ1v) is 17.2. The lowest BCUT2D eigenvalue weighted by molar-refractivity contribution is 0.604. The SMILES string of the molecule is C=C/C=C(\C=C)N(c1ccccc1)c1ccc(-c2ccc3c4ccc(-c5cccc6c(C=C)c(/C=C\C)oc56)cc4c4ccccc4c3c2)cc1. The Bertz CT molecular complexity index is 2670. The highest BCUT2D eigenvalue weighted by molar-refractivity contribution is 6.26. The number of furan rings is 1. The van der Waals surface area contributed by atoms with Crippen molar-refractivity contribution in [3.05, 3.63) is 195 Å². The van der Waals surface area contributed by atoms with E-state index in [4.69, 9.17) is 4.42 Å². The van der Waals surface area contributed by atoms with Crippen LogP contribution in [0.3, 0.4) is 0 Å². The van der Waals surface area contributed by atoms with E-state index in [0.717, 1.165) is 56.1 Å². The fourth-order valence-electron chi connectivity index (χ4n) is 7.36. The van der Waals surface area contributed by atoms with Crippen LogP contribution in [0.15, 0.2) is 188 Å². The summed E-state index contributed by atoms with van der Waals surface area (Å²) in [5.74, 6) is 0.831. The van der Waals surface area contributed by atoms with Crippen LogP contribution in [0.5, 0.6) is 0 Å². The molecular weight excluding hydrogens is 619 g/mol. The van der Waals surface area contributed by atoms with Crippen molar-refractivity contribution in [2.75, 3.05) is 4.90 Å². The molecule has 0 atom stereocenters. The summed E-state index contributed by atoms with van der Waals surface area (Å²) in [6, 6.07) is 47.8. The molecule has 0 amide bonds. The minimum absolute atomic E-state index is 0.831. The van der Waals surface area contributed by atoms with Gasteiger partial charge in [0.05, 0.1) is 0 Å². The summed E-state index contributed by atoms with van der Waals surface area (Å²) in [4.78, 5) is 2.19. The minimum Gasteiger partial charge on any atom is -0.455 e. The molecule has 0 aliphatic heterocycles. The molecule has 8 rings (SSSR count). The van der Waals surface area contributed by atoms with Crippen molar-refractivity contribution in [3.8, 4) is 22.3 Å². The maximum Gasteiger partial charge on any atom is 0.143 e. The second kappa shape index (κ2) is 13.3. The van der Waals surface area contributed by atoms with E-state index in [9.17, 15) is 0 Å². The number of benzene rings is 7. The number of anilines is 2. The molecule has 2 nitrogen and oxygen atoms in total. The predicted molar refractivity (Wildman–Crippen MR) is 221 cm³/mol. The van der Waals surface area contributed by atoms with Gasteiger partial charge in [0.1, 0.15) is 11.3 Å². The average molecular weight is 656 g/mol. The smallest absolute Gasteiger partial charge is 0.143 e. The van der Waals surface area contributed by atoms with Gasteiger partial charge in [0.2, 0.25) is 0 Å². The van der Waals surface area contributed by atoms with Crippen molar-refractivity contribution in [1.29, 1.82) is 0 Å². The Morgan fingerprint density at radius 3 is 1.80 bits per heavy atom. The highest BCUT2D eigenvalue weighted by Gasteiger charge is 2.17. The first-order chi connectivity index (χ1) is 25.1. The molecule has 0 unspecified atom stereocenters. The fraction of sp³-hybridized carbons (Fsp3) is 0.0204. The Kier molecular flexibility index (Phi) is 8.27. The van der Waals surface area contributed by atoms with Crippen LogP contribution in [0, 0.1) is 0 Å². The van der Waals surface area contributed by atoms with Crippen molar-refractivity contribution in [2.45, 2.75) is 6.92 Å². The standard InChI is InChI=1S/C49H37NO/c1-5-15-36(7-3)50(37-17-10-9-11-18-37)38-27-23-33(24-28-38)34-25-29-43-44-30-26-35(32-47(44)42-20-13-12-19-41(42)46(43)31-34)40-21-14-22-45-39(8-4)48(16-6-2)51-49(40)45/h5-32H,1,3-4H2,2H3/b16-6-,36-15+. The number of hydrogen-bond donors (Lipinski definition) is 0. The van der Waals surface area contributed by atoms with Crippen LogP contribution in [-0.2, 0) is 0 Å². The molecular formula is C49H37NO. The van der Waals surface area contributed by atoms with E-state index in [1.54, 1.807) is 6.08 Å². The number of para-hydroxylation sites is 2. The molecule has 0 N–H and O–H groups in total. The van der Waals surface area contributed by atoms with Crippen LogP contribution in [0.4, 0.5) is 11.4 Å². The van der Waals surface area contributed by atoms with Gasteiger partial charge in [-0.1, -0.05) is 135 Å². The molecule has 0 aliphatic carbocycles. The lowest BCUT2D eigenvalue weighted by atomic mass is 9.90. The van der Waals surface area contributed by atoms with Gasteiger partial charge in [0, 0.05) is 33.6 Å². The topological polar surface area (TPSA) is 16.4 Å². The van der Waals surface area contributed by atoms with Crippen LogP contribution in [0.2, 0.25) is 0 Å². The van der Waals surface area contributed by atoms with Gasteiger partial charge in [0.15, 0.2) is 0 Å². The molecule has 0 radical (unpaired) electrons. The number of hydrogen-bond acceptors (Lipinski definition) is 2. The van der Waals surface area contributed by atoms with Gasteiger partial charge in [-0.25, -0.2) is 0 Å². The molecule has 0 saturated heterocycles. The monoisotopic (exact) mass is 655 g/mol. The quantitative estimate of drug-likeness (QED) is 0.114. The van der Waals surface area contributed by atoms with Crippen molar-refractivity contribution < 1.29 is 4.42 Å². The molecule has 1 heterocycles. The Morgan fingerprint density at radius 1 is 0.569 bits per heavy atom. The second-order valence-electron chi connectivity index (χ2n) is 12.6. The maximum atomic E-state index is 6.44. The van der Waals surface area contributed by atoms with Crippen LogP contribution < -0.4 is 4.90 Å². The van der Waals surface area contributed by atoms with Crippen molar-refractivity contribution in [3.63, 3.8) is 0 Å². The van der Waals surface area contributed by atoms with E-state index < -0.39 is 0 Å². The second-order valence-corrected chi connectivity index (χ2v) is 12.6. The Balaban J connectivity index is 1.24. The lowest BCUT2D eigenvalue weighted by Crippen LogP contribution is -2.14. The van der Waals surface area contributed by atoms with Crippen molar-refractivity contribution in [1.82, 2.24) is 0 Å². The largest absolute Gasteiger partial charge is 0.455 e. The first-order valence-electron chi connectivity index (χ1n) is 17.2. The fourth-order valence-corrected chi connectivity index (χ4v) is 7.36. The van der Waals surface area contributed by atoms with Gasteiger partial charge in [-0.2, -0.15) is 0 Å². The molecule has 8 aromatic rings. The maximum absolute atomic E-state index is 6.44. The molecule has 0 aliphatic rings. The minimum atomic E-state index is 0.831. The third-order valence-corrected chi connectivity index (χ3v) is 9.68. The molecule has 0 spiro atoms. The zero-order chi connectivity index (χ0) is 34.9. The van der Waals surface area contributed by atoms with E-state index in [2.05, 4.69) is 140 Å². The molecule has 7 aromatic carbocycles.